The molecule has 5 rings (SSSR count). The summed E-state index contributed by atoms with van der Waals surface area (Å²) in [4.78, 5) is 12.5. The van der Waals surface area contributed by atoms with Gasteiger partial charge in [0.25, 0.3) is 0 Å². The van der Waals surface area contributed by atoms with Crippen LogP contribution in [0.2, 0.25) is 0 Å². The van der Waals surface area contributed by atoms with Gasteiger partial charge in [-0.05, 0) is 38.1 Å². The second kappa shape index (κ2) is 4.45. The van der Waals surface area contributed by atoms with E-state index in [1.807, 2.05) is 32.1 Å². The number of rotatable bonds is 0. The summed E-state index contributed by atoms with van der Waals surface area (Å²) in [6, 6.07) is 8.28. The van der Waals surface area contributed by atoms with E-state index < -0.39 is 11.2 Å². The molecule has 0 fully saturated rings. The van der Waals surface area contributed by atoms with Gasteiger partial charge in [-0.1, -0.05) is 6.08 Å². The molecular formula is C20H14O5. The molecule has 124 valence electrons. The summed E-state index contributed by atoms with van der Waals surface area (Å²) in [6.07, 6.45) is 3.97. The van der Waals surface area contributed by atoms with Crippen molar-refractivity contribution in [2.24, 2.45) is 0 Å². The van der Waals surface area contributed by atoms with Gasteiger partial charge in [-0.3, -0.25) is 0 Å². The fraction of sp³-hybridized carbons (Fsp3) is 0.150. The van der Waals surface area contributed by atoms with E-state index in [-0.39, 0.29) is 5.75 Å². The largest absolute Gasteiger partial charge is 0.508 e. The van der Waals surface area contributed by atoms with Crippen LogP contribution in [-0.2, 0) is 0 Å². The second-order valence-corrected chi connectivity index (χ2v) is 6.80. The molecule has 2 aromatic heterocycles. The van der Waals surface area contributed by atoms with Crippen molar-refractivity contribution in [2.45, 2.75) is 19.4 Å². The van der Waals surface area contributed by atoms with Crippen molar-refractivity contribution in [3.05, 3.63) is 52.4 Å². The number of benzene rings is 2. The third-order valence-corrected chi connectivity index (χ3v) is 4.47. The molecule has 0 radical (unpaired) electrons. The van der Waals surface area contributed by atoms with Crippen LogP contribution in [-0.4, -0.2) is 10.7 Å². The molecule has 1 N–H and O–H groups in total. The zero-order chi connectivity index (χ0) is 17.3. The smallest absolute Gasteiger partial charge is 0.348 e. The SMILES string of the molecule is CC1(C)C=Cc2cc3c(cc2O1)oc(=O)c1c2ccc(O)cc2oc31. The van der Waals surface area contributed by atoms with Gasteiger partial charge in [-0.15, -0.1) is 0 Å². The Labute approximate surface area is 141 Å². The monoisotopic (exact) mass is 334 g/mol. The number of phenols is 1. The average Bonchev–Trinajstić information content (AvgIpc) is 2.91. The maximum absolute atomic E-state index is 12.5. The molecule has 0 amide bonds. The number of ether oxygens (including phenoxy) is 1. The molecule has 0 saturated carbocycles. The zero-order valence-corrected chi connectivity index (χ0v) is 13.6. The highest BCUT2D eigenvalue weighted by Gasteiger charge is 2.24. The third-order valence-electron chi connectivity index (χ3n) is 4.47. The molecule has 0 aliphatic carbocycles. The van der Waals surface area contributed by atoms with Crippen molar-refractivity contribution in [3.63, 3.8) is 0 Å². The fourth-order valence-electron chi connectivity index (χ4n) is 3.29. The molecule has 3 heterocycles. The first-order valence-corrected chi connectivity index (χ1v) is 7.96. The number of phenolic OH excluding ortho intramolecular Hbond substituents is 1. The zero-order valence-electron chi connectivity index (χ0n) is 13.6. The molecular weight excluding hydrogens is 320 g/mol. The first-order valence-electron chi connectivity index (χ1n) is 7.96. The van der Waals surface area contributed by atoms with Crippen LogP contribution < -0.4 is 10.4 Å². The Morgan fingerprint density at radius 3 is 2.64 bits per heavy atom. The van der Waals surface area contributed by atoms with Gasteiger partial charge >= 0.3 is 5.63 Å². The van der Waals surface area contributed by atoms with Crippen molar-refractivity contribution in [2.75, 3.05) is 0 Å². The minimum Gasteiger partial charge on any atom is -0.508 e. The van der Waals surface area contributed by atoms with Gasteiger partial charge in [-0.25, -0.2) is 4.79 Å². The molecule has 0 atom stereocenters. The number of hydrogen-bond acceptors (Lipinski definition) is 5. The first-order chi connectivity index (χ1) is 11.9. The number of hydrogen-bond donors (Lipinski definition) is 1. The Balaban J connectivity index is 1.92. The average molecular weight is 334 g/mol. The summed E-state index contributed by atoms with van der Waals surface area (Å²) in [5.41, 5.74) is 1.31. The number of aromatic hydroxyl groups is 1. The summed E-state index contributed by atoms with van der Waals surface area (Å²) >= 11 is 0. The Kier molecular flexibility index (Phi) is 2.52. The number of fused-ring (bicyclic) bond motifs is 6. The predicted octanol–water partition coefficient (Wildman–Crippen LogP) is 4.58. The quantitative estimate of drug-likeness (QED) is 0.476. The number of furan rings is 1. The van der Waals surface area contributed by atoms with Crippen molar-refractivity contribution in [3.8, 4) is 11.5 Å². The van der Waals surface area contributed by atoms with E-state index in [1.165, 1.54) is 12.1 Å². The van der Waals surface area contributed by atoms with Crippen LogP contribution in [0.4, 0.5) is 0 Å². The molecule has 0 saturated heterocycles. The maximum atomic E-state index is 12.5. The van der Waals surface area contributed by atoms with Gasteiger partial charge in [0.2, 0.25) is 0 Å². The predicted molar refractivity (Wildman–Crippen MR) is 95.2 cm³/mol. The van der Waals surface area contributed by atoms with E-state index in [0.29, 0.717) is 38.7 Å². The molecule has 5 nitrogen and oxygen atoms in total. The van der Waals surface area contributed by atoms with Crippen LogP contribution in [0.1, 0.15) is 19.4 Å². The highest BCUT2D eigenvalue weighted by Crippen LogP contribution is 2.38. The van der Waals surface area contributed by atoms with Gasteiger partial charge in [-0.2, -0.15) is 0 Å². The summed E-state index contributed by atoms with van der Waals surface area (Å²) in [5.74, 6) is 0.743. The van der Waals surface area contributed by atoms with Crippen LogP contribution in [0.3, 0.4) is 0 Å². The molecule has 5 heteroatoms. The Morgan fingerprint density at radius 1 is 1.00 bits per heavy atom. The van der Waals surface area contributed by atoms with Gasteiger partial charge in [0.1, 0.15) is 33.7 Å². The molecule has 0 unspecified atom stereocenters. The summed E-state index contributed by atoms with van der Waals surface area (Å²) < 4.78 is 17.3. The van der Waals surface area contributed by atoms with E-state index in [2.05, 4.69) is 0 Å². The van der Waals surface area contributed by atoms with Crippen molar-refractivity contribution < 1.29 is 18.7 Å². The Bertz CT molecular complexity index is 1270. The molecule has 1 aliphatic heterocycles. The molecule has 4 aromatic rings. The van der Waals surface area contributed by atoms with Crippen LogP contribution in [0.15, 0.2) is 50.0 Å². The van der Waals surface area contributed by atoms with Crippen LogP contribution in [0, 0.1) is 0 Å². The lowest BCUT2D eigenvalue weighted by Gasteiger charge is -2.27. The van der Waals surface area contributed by atoms with Gasteiger partial charge in [0, 0.05) is 23.1 Å². The van der Waals surface area contributed by atoms with E-state index in [1.54, 1.807) is 12.1 Å². The van der Waals surface area contributed by atoms with Crippen LogP contribution >= 0.6 is 0 Å². The highest BCUT2D eigenvalue weighted by atomic mass is 16.5. The topological polar surface area (TPSA) is 72.8 Å². The van der Waals surface area contributed by atoms with Crippen molar-refractivity contribution >= 4 is 39.0 Å². The maximum Gasteiger partial charge on any atom is 0.348 e. The van der Waals surface area contributed by atoms with E-state index in [9.17, 15) is 9.90 Å². The lowest BCUT2D eigenvalue weighted by Crippen LogP contribution is -2.27. The third kappa shape index (κ3) is 1.99. The minimum absolute atomic E-state index is 0.0798. The molecule has 0 bridgehead atoms. The Hall–Kier alpha value is -3.21. The van der Waals surface area contributed by atoms with E-state index in [4.69, 9.17) is 13.6 Å². The van der Waals surface area contributed by atoms with Gasteiger partial charge in [0.05, 0.1) is 5.39 Å². The standard InChI is InChI=1S/C20H14O5/c1-20(2)6-5-10-7-13-16(9-14(10)25-20)24-19(22)17-12-4-3-11(21)8-15(12)23-18(13)17/h3-9,21H,1-2H3. The van der Waals surface area contributed by atoms with Crippen LogP contribution in [0.5, 0.6) is 11.5 Å². The van der Waals surface area contributed by atoms with E-state index in [0.717, 1.165) is 5.56 Å². The Morgan fingerprint density at radius 2 is 1.80 bits per heavy atom. The summed E-state index contributed by atoms with van der Waals surface area (Å²) in [5, 5.41) is 11.3. The second-order valence-electron chi connectivity index (χ2n) is 6.80. The van der Waals surface area contributed by atoms with E-state index >= 15 is 0 Å². The van der Waals surface area contributed by atoms with Crippen molar-refractivity contribution in [1.29, 1.82) is 0 Å². The summed E-state index contributed by atoms with van der Waals surface area (Å²) in [6.45, 7) is 3.92. The lowest BCUT2D eigenvalue weighted by molar-refractivity contribution is 0.159. The van der Waals surface area contributed by atoms with Gasteiger partial charge < -0.3 is 18.7 Å². The summed E-state index contributed by atoms with van der Waals surface area (Å²) in [7, 11) is 0. The lowest BCUT2D eigenvalue weighted by atomic mass is 10.0. The first kappa shape index (κ1) is 14.2. The highest BCUT2D eigenvalue weighted by molar-refractivity contribution is 6.13. The minimum atomic E-state index is -0.475. The normalized spacial score (nSPS) is 15.6. The van der Waals surface area contributed by atoms with Crippen LogP contribution in [0.25, 0.3) is 39.0 Å². The molecule has 1 aliphatic rings. The van der Waals surface area contributed by atoms with Gasteiger partial charge in [0.15, 0.2) is 5.58 Å². The molecule has 2 aromatic carbocycles. The molecule has 25 heavy (non-hydrogen) atoms. The fourth-order valence-corrected chi connectivity index (χ4v) is 3.29. The van der Waals surface area contributed by atoms with Crippen molar-refractivity contribution in [1.82, 2.24) is 0 Å². The molecule has 0 spiro atoms.